The lowest BCUT2D eigenvalue weighted by atomic mass is 10.2. The summed E-state index contributed by atoms with van der Waals surface area (Å²) in [6.07, 6.45) is 1.69. The Morgan fingerprint density at radius 3 is 2.92 bits per heavy atom. The van der Waals surface area contributed by atoms with E-state index in [2.05, 4.69) is 15.0 Å². The number of halogens is 1. The third kappa shape index (κ3) is 2.73. The first-order valence-electron chi connectivity index (χ1n) is 7.15. The van der Waals surface area contributed by atoms with E-state index in [9.17, 15) is 14.0 Å². The van der Waals surface area contributed by atoms with Gasteiger partial charge in [0.05, 0.1) is 11.4 Å². The highest BCUT2D eigenvalue weighted by Gasteiger charge is 2.26. The van der Waals surface area contributed by atoms with Gasteiger partial charge in [0.15, 0.2) is 17.6 Å². The van der Waals surface area contributed by atoms with Gasteiger partial charge in [-0.25, -0.2) is 19.2 Å². The van der Waals surface area contributed by atoms with Crippen LogP contribution >= 0.6 is 0 Å². The largest absolute Gasteiger partial charge is 0.477 e. The van der Waals surface area contributed by atoms with Gasteiger partial charge in [0, 0.05) is 19.3 Å². The van der Waals surface area contributed by atoms with Crippen LogP contribution in [0.25, 0.3) is 11.0 Å². The molecule has 2 aromatic rings. The van der Waals surface area contributed by atoms with Crippen LogP contribution < -0.4 is 21.8 Å². The van der Waals surface area contributed by atoms with Gasteiger partial charge >= 0.3 is 5.97 Å². The number of fused-ring (bicyclic) bond motifs is 1. The monoisotopic (exact) mass is 334 g/mol. The Morgan fingerprint density at radius 2 is 2.25 bits per heavy atom. The maximum absolute atomic E-state index is 14.4. The molecule has 1 fully saturated rings. The van der Waals surface area contributed by atoms with Crippen molar-refractivity contribution in [2.24, 2.45) is 16.5 Å². The van der Waals surface area contributed by atoms with Crippen molar-refractivity contribution in [2.75, 3.05) is 18.0 Å². The van der Waals surface area contributed by atoms with Crippen molar-refractivity contribution in [3.63, 3.8) is 0 Å². The predicted molar refractivity (Wildman–Crippen MR) is 85.7 cm³/mol. The van der Waals surface area contributed by atoms with Gasteiger partial charge in [0.25, 0.3) is 0 Å². The van der Waals surface area contributed by atoms with Crippen LogP contribution in [0.1, 0.15) is 16.8 Å². The van der Waals surface area contributed by atoms with Gasteiger partial charge in [-0.15, -0.1) is 0 Å². The number of rotatable bonds is 3. The number of carboxylic acid groups (broad SMARTS) is 1. The smallest absolute Gasteiger partial charge is 0.341 e. The molecular weight excluding hydrogens is 319 g/mol. The molecule has 2 aromatic heterocycles. The first kappa shape index (κ1) is 15.7. The molecule has 0 aromatic carbocycles. The number of guanidine groups is 1. The van der Waals surface area contributed by atoms with E-state index in [0.717, 1.165) is 12.3 Å². The summed E-state index contributed by atoms with van der Waals surface area (Å²) in [5.41, 5.74) is 9.56. The molecule has 3 heterocycles. The summed E-state index contributed by atoms with van der Waals surface area (Å²) >= 11 is 0. The Balaban J connectivity index is 2.01. The molecule has 1 aliphatic heterocycles. The zero-order valence-electron chi connectivity index (χ0n) is 12.5. The van der Waals surface area contributed by atoms with Crippen molar-refractivity contribution < 1.29 is 14.3 Å². The number of nitrogens with one attached hydrogen (secondary N) is 1. The van der Waals surface area contributed by atoms with Gasteiger partial charge in [0.2, 0.25) is 5.43 Å². The van der Waals surface area contributed by atoms with Gasteiger partial charge in [-0.2, -0.15) is 0 Å². The minimum Gasteiger partial charge on any atom is -0.477 e. The molecule has 0 amide bonds. The van der Waals surface area contributed by atoms with Gasteiger partial charge in [-0.1, -0.05) is 0 Å². The van der Waals surface area contributed by atoms with Crippen molar-refractivity contribution in [3.05, 3.63) is 33.9 Å². The number of nitrogens with two attached hydrogens (primary N) is 2. The maximum Gasteiger partial charge on any atom is 0.341 e. The topological polar surface area (TPSA) is 151 Å². The number of aromatic nitrogens is 2. The summed E-state index contributed by atoms with van der Waals surface area (Å²) in [6.45, 7) is 0.902. The lowest BCUT2D eigenvalue weighted by Gasteiger charge is -2.17. The average molecular weight is 334 g/mol. The van der Waals surface area contributed by atoms with Crippen molar-refractivity contribution in [2.45, 2.75) is 12.5 Å². The fourth-order valence-corrected chi connectivity index (χ4v) is 2.74. The van der Waals surface area contributed by atoms with E-state index >= 15 is 0 Å². The number of anilines is 1. The van der Waals surface area contributed by atoms with Crippen molar-refractivity contribution in [3.8, 4) is 0 Å². The number of aromatic amines is 1. The fraction of sp³-hybridized carbons (Fsp3) is 0.286. The van der Waals surface area contributed by atoms with E-state index < -0.39 is 22.8 Å². The Hall–Kier alpha value is -3.17. The van der Waals surface area contributed by atoms with Crippen LogP contribution in [0.3, 0.4) is 0 Å². The normalized spacial score (nSPS) is 17.2. The molecule has 6 N–H and O–H groups in total. The van der Waals surface area contributed by atoms with E-state index in [4.69, 9.17) is 16.6 Å². The molecular formula is C14H15FN6O3. The summed E-state index contributed by atoms with van der Waals surface area (Å²) in [5, 5.41) is 8.83. The highest BCUT2D eigenvalue weighted by atomic mass is 19.1. The Labute approximate surface area is 134 Å². The number of hydrogen-bond acceptors (Lipinski definition) is 5. The van der Waals surface area contributed by atoms with Gasteiger partial charge in [-0.05, 0) is 12.5 Å². The molecule has 3 rings (SSSR count). The number of nitrogens with zero attached hydrogens (tertiary/aromatic N) is 3. The molecule has 126 valence electrons. The number of aliphatic imine (C=N–C) groups is 1. The van der Waals surface area contributed by atoms with Gasteiger partial charge in [0.1, 0.15) is 11.2 Å². The minimum absolute atomic E-state index is 0.0284. The zero-order chi connectivity index (χ0) is 17.4. The van der Waals surface area contributed by atoms with Gasteiger partial charge in [-0.3, -0.25) is 4.79 Å². The minimum atomic E-state index is -1.39. The summed E-state index contributed by atoms with van der Waals surface area (Å²) in [7, 11) is 0. The van der Waals surface area contributed by atoms with Crippen LogP contribution in [0, 0.1) is 5.82 Å². The number of pyridine rings is 2. The third-order valence-electron chi connectivity index (χ3n) is 3.82. The summed E-state index contributed by atoms with van der Waals surface area (Å²) in [6, 6.07) is 0.844. The maximum atomic E-state index is 14.4. The molecule has 1 atom stereocenters. The zero-order valence-corrected chi connectivity index (χ0v) is 12.5. The highest BCUT2D eigenvalue weighted by molar-refractivity contribution is 5.91. The second kappa shape index (κ2) is 5.80. The summed E-state index contributed by atoms with van der Waals surface area (Å²) < 4.78 is 14.4. The van der Waals surface area contributed by atoms with Crippen molar-refractivity contribution >= 4 is 28.8 Å². The highest BCUT2D eigenvalue weighted by Crippen LogP contribution is 2.24. The van der Waals surface area contributed by atoms with Crippen LogP contribution in [-0.4, -0.2) is 46.1 Å². The van der Waals surface area contributed by atoms with Crippen molar-refractivity contribution in [1.29, 1.82) is 0 Å². The third-order valence-corrected chi connectivity index (χ3v) is 3.82. The van der Waals surface area contributed by atoms with E-state index in [1.54, 1.807) is 4.90 Å². The first-order valence-corrected chi connectivity index (χ1v) is 7.15. The van der Waals surface area contributed by atoms with E-state index in [-0.39, 0.29) is 28.9 Å². The molecule has 24 heavy (non-hydrogen) atoms. The van der Waals surface area contributed by atoms with Crippen LogP contribution in [0.2, 0.25) is 0 Å². The second-order valence-corrected chi connectivity index (χ2v) is 5.47. The molecule has 0 aliphatic carbocycles. The van der Waals surface area contributed by atoms with E-state index in [1.807, 2.05) is 0 Å². The Morgan fingerprint density at radius 1 is 1.50 bits per heavy atom. The molecule has 1 saturated heterocycles. The number of H-pyrrole nitrogens is 1. The van der Waals surface area contributed by atoms with Gasteiger partial charge < -0.3 is 26.5 Å². The van der Waals surface area contributed by atoms with Crippen LogP contribution in [0.5, 0.6) is 0 Å². The molecule has 0 bridgehead atoms. The molecule has 0 spiro atoms. The first-order chi connectivity index (χ1) is 11.4. The van der Waals surface area contributed by atoms with Crippen LogP contribution in [0.15, 0.2) is 22.1 Å². The molecule has 10 heteroatoms. The van der Waals surface area contributed by atoms with Crippen LogP contribution in [0.4, 0.5) is 10.2 Å². The molecule has 1 unspecified atom stereocenters. The lowest BCUT2D eigenvalue weighted by molar-refractivity contribution is 0.0695. The molecule has 1 aliphatic rings. The standard InChI is InChI=1S/C14H15FN6O3/c15-9-3-7-10(22)8(13(23)24)4-18-11(7)20-12(9)21-2-1-6(5-21)19-14(16)17/h3-4,6H,1-2,5H2,(H,23,24)(H4,16,17,19)(H,18,20,22). The SMILES string of the molecule is NC(N)=NC1CCN(c2nc3[nH]cc(C(=O)O)c(=O)c3cc2F)C1. The molecule has 9 nitrogen and oxygen atoms in total. The van der Waals surface area contributed by atoms with E-state index in [0.29, 0.717) is 19.5 Å². The van der Waals surface area contributed by atoms with Crippen molar-refractivity contribution in [1.82, 2.24) is 9.97 Å². The average Bonchev–Trinajstić information content (AvgIpc) is 2.94. The Bertz CT molecular complexity index is 905. The predicted octanol–water partition coefficient (Wildman–Crippen LogP) is -0.388. The second-order valence-electron chi connectivity index (χ2n) is 5.47. The molecule has 0 saturated carbocycles. The quantitative estimate of drug-likeness (QED) is 0.441. The number of carbonyl (C=O) groups is 1. The Kier molecular flexibility index (Phi) is 3.80. The summed E-state index contributed by atoms with van der Waals surface area (Å²) in [4.78, 5) is 35.5. The number of carboxylic acids is 1. The fourth-order valence-electron chi connectivity index (χ4n) is 2.74. The lowest BCUT2D eigenvalue weighted by Crippen LogP contribution is -2.28. The number of hydrogen-bond donors (Lipinski definition) is 4. The van der Waals surface area contributed by atoms with Crippen LogP contribution in [-0.2, 0) is 0 Å². The number of aromatic carboxylic acids is 1. The summed E-state index contributed by atoms with van der Waals surface area (Å²) in [5.74, 6) is -2.06. The van der Waals surface area contributed by atoms with E-state index in [1.165, 1.54) is 0 Å². The molecule has 0 radical (unpaired) electrons.